The van der Waals surface area contributed by atoms with Crippen LogP contribution in [0.25, 0.3) is 11.5 Å². The van der Waals surface area contributed by atoms with E-state index in [1.54, 1.807) is 13.2 Å². The molecule has 3 heterocycles. The Labute approximate surface area is 123 Å². The van der Waals surface area contributed by atoms with Crippen LogP contribution in [0.1, 0.15) is 6.92 Å². The van der Waals surface area contributed by atoms with E-state index in [1.165, 1.54) is 0 Å². The molecular weight excluding hydrogens is 270 g/mol. The lowest BCUT2D eigenvalue weighted by atomic mass is 10.4. The molecule has 0 saturated carbocycles. The van der Waals surface area contributed by atoms with Crippen LogP contribution in [-0.4, -0.2) is 58.1 Å². The molecular formula is C13H19N7O. The van der Waals surface area contributed by atoms with Gasteiger partial charge in [-0.05, 0) is 13.0 Å². The summed E-state index contributed by atoms with van der Waals surface area (Å²) in [6, 6.07) is 1.92. The maximum atomic E-state index is 5.37. The summed E-state index contributed by atoms with van der Waals surface area (Å²) < 4.78 is 7.25. The van der Waals surface area contributed by atoms with Gasteiger partial charge >= 0.3 is 0 Å². The molecule has 1 aliphatic rings. The highest BCUT2D eigenvalue weighted by Crippen LogP contribution is 2.20. The summed E-state index contributed by atoms with van der Waals surface area (Å²) >= 11 is 0. The maximum absolute atomic E-state index is 5.37. The molecule has 2 aromatic rings. The van der Waals surface area contributed by atoms with E-state index in [0.717, 1.165) is 25.3 Å². The summed E-state index contributed by atoms with van der Waals surface area (Å²) in [6.07, 6.45) is 1.76. The van der Waals surface area contributed by atoms with E-state index < -0.39 is 0 Å². The van der Waals surface area contributed by atoms with Crippen LogP contribution in [0.15, 0.2) is 12.3 Å². The van der Waals surface area contributed by atoms with E-state index >= 15 is 0 Å². The van der Waals surface area contributed by atoms with Gasteiger partial charge in [0.1, 0.15) is 5.69 Å². The largest absolute Gasteiger partial charge is 0.378 e. The summed E-state index contributed by atoms with van der Waals surface area (Å²) in [4.78, 5) is 15.6. The minimum absolute atomic E-state index is 0.561. The van der Waals surface area contributed by atoms with Gasteiger partial charge in [-0.3, -0.25) is 4.68 Å². The van der Waals surface area contributed by atoms with Crippen molar-refractivity contribution in [3.8, 4) is 11.5 Å². The molecule has 0 spiro atoms. The Morgan fingerprint density at radius 3 is 2.76 bits per heavy atom. The Kier molecular flexibility index (Phi) is 3.96. The number of rotatable bonds is 4. The predicted molar refractivity (Wildman–Crippen MR) is 79.3 cm³/mol. The van der Waals surface area contributed by atoms with Crippen LogP contribution < -0.4 is 10.2 Å². The monoisotopic (exact) mass is 289 g/mol. The number of hydrogen-bond acceptors (Lipinski definition) is 7. The lowest BCUT2D eigenvalue weighted by Crippen LogP contribution is -2.37. The first-order valence-corrected chi connectivity index (χ1v) is 7.10. The summed E-state index contributed by atoms with van der Waals surface area (Å²) in [5.41, 5.74) is 0.894. The van der Waals surface area contributed by atoms with Gasteiger partial charge in [-0.1, -0.05) is 0 Å². The summed E-state index contributed by atoms with van der Waals surface area (Å²) in [6.45, 7) is 5.79. The van der Waals surface area contributed by atoms with Crippen molar-refractivity contribution in [3.63, 3.8) is 0 Å². The molecule has 0 bridgehead atoms. The minimum Gasteiger partial charge on any atom is -0.378 e. The van der Waals surface area contributed by atoms with Crippen molar-refractivity contribution in [2.24, 2.45) is 0 Å². The topological polar surface area (TPSA) is 81.0 Å². The molecule has 8 heteroatoms. The average Bonchev–Trinajstić information content (AvgIpc) is 3.04. The SMILES string of the molecule is CCn1nccc1-c1nc(NC)nc(N2CCOCC2)n1. The molecule has 3 rings (SSSR count). The van der Waals surface area contributed by atoms with Crippen LogP contribution in [0.4, 0.5) is 11.9 Å². The fraction of sp³-hybridized carbons (Fsp3) is 0.538. The molecule has 21 heavy (non-hydrogen) atoms. The number of aromatic nitrogens is 5. The van der Waals surface area contributed by atoms with Crippen LogP contribution in [0, 0.1) is 0 Å². The molecule has 0 aromatic carbocycles. The van der Waals surface area contributed by atoms with E-state index in [-0.39, 0.29) is 0 Å². The van der Waals surface area contributed by atoms with Crippen LogP contribution in [0.2, 0.25) is 0 Å². The summed E-state index contributed by atoms with van der Waals surface area (Å²) in [5, 5.41) is 7.27. The first kappa shape index (κ1) is 13.7. The second kappa shape index (κ2) is 6.04. The van der Waals surface area contributed by atoms with Crippen molar-refractivity contribution in [1.82, 2.24) is 24.7 Å². The second-order valence-corrected chi connectivity index (χ2v) is 4.66. The van der Waals surface area contributed by atoms with E-state index in [4.69, 9.17) is 4.74 Å². The normalized spacial score (nSPS) is 15.2. The van der Waals surface area contributed by atoms with Crippen molar-refractivity contribution in [1.29, 1.82) is 0 Å². The Morgan fingerprint density at radius 2 is 2.05 bits per heavy atom. The van der Waals surface area contributed by atoms with Crippen LogP contribution in [0.3, 0.4) is 0 Å². The Morgan fingerprint density at radius 1 is 1.24 bits per heavy atom. The minimum atomic E-state index is 0.561. The number of nitrogens with one attached hydrogen (secondary N) is 1. The zero-order valence-corrected chi connectivity index (χ0v) is 12.3. The average molecular weight is 289 g/mol. The summed E-state index contributed by atoms with van der Waals surface area (Å²) in [5.74, 6) is 1.87. The third kappa shape index (κ3) is 2.80. The molecule has 1 fully saturated rings. The van der Waals surface area contributed by atoms with Crippen molar-refractivity contribution >= 4 is 11.9 Å². The number of nitrogens with zero attached hydrogens (tertiary/aromatic N) is 6. The fourth-order valence-corrected chi connectivity index (χ4v) is 2.27. The number of anilines is 2. The Hall–Kier alpha value is -2.22. The van der Waals surface area contributed by atoms with E-state index in [2.05, 4.69) is 30.3 Å². The van der Waals surface area contributed by atoms with Gasteiger partial charge in [0.25, 0.3) is 0 Å². The number of morpholine rings is 1. The molecule has 0 radical (unpaired) electrons. The smallest absolute Gasteiger partial charge is 0.230 e. The van der Waals surface area contributed by atoms with Gasteiger partial charge in [-0.15, -0.1) is 0 Å². The highest BCUT2D eigenvalue weighted by molar-refractivity contribution is 5.54. The third-order valence-electron chi connectivity index (χ3n) is 3.39. The fourth-order valence-electron chi connectivity index (χ4n) is 2.27. The predicted octanol–water partition coefficient (Wildman–Crippen LogP) is 0.633. The number of hydrogen-bond donors (Lipinski definition) is 1. The lowest BCUT2D eigenvalue weighted by Gasteiger charge is -2.27. The lowest BCUT2D eigenvalue weighted by molar-refractivity contribution is 0.122. The molecule has 0 amide bonds. The standard InChI is InChI=1S/C13H19N7O/c1-3-20-10(4-5-15-20)11-16-12(14-2)18-13(17-11)19-6-8-21-9-7-19/h4-5H,3,6-9H2,1-2H3,(H,14,16,17,18). The van der Waals surface area contributed by atoms with Crippen LogP contribution in [-0.2, 0) is 11.3 Å². The van der Waals surface area contributed by atoms with Crippen molar-refractivity contribution in [2.75, 3.05) is 43.6 Å². The van der Waals surface area contributed by atoms with Crippen LogP contribution >= 0.6 is 0 Å². The van der Waals surface area contributed by atoms with Gasteiger partial charge in [-0.2, -0.15) is 20.1 Å². The summed E-state index contributed by atoms with van der Waals surface area (Å²) in [7, 11) is 1.80. The zero-order valence-electron chi connectivity index (χ0n) is 12.3. The molecule has 8 nitrogen and oxygen atoms in total. The Balaban J connectivity index is 2.00. The van der Waals surface area contributed by atoms with Gasteiger partial charge in [0.05, 0.1) is 13.2 Å². The molecule has 0 unspecified atom stereocenters. The van der Waals surface area contributed by atoms with E-state index in [1.807, 2.05) is 17.7 Å². The first-order valence-electron chi connectivity index (χ1n) is 7.10. The molecule has 1 saturated heterocycles. The molecule has 0 aliphatic carbocycles. The van der Waals surface area contributed by atoms with Gasteiger partial charge in [-0.25, -0.2) is 0 Å². The van der Waals surface area contributed by atoms with Crippen molar-refractivity contribution < 1.29 is 4.74 Å². The second-order valence-electron chi connectivity index (χ2n) is 4.66. The van der Waals surface area contributed by atoms with Crippen LogP contribution in [0.5, 0.6) is 0 Å². The maximum Gasteiger partial charge on any atom is 0.230 e. The molecule has 1 aliphatic heterocycles. The molecule has 1 N–H and O–H groups in total. The molecule has 112 valence electrons. The van der Waals surface area contributed by atoms with E-state index in [0.29, 0.717) is 30.9 Å². The Bertz CT molecular complexity index is 606. The molecule has 2 aromatic heterocycles. The van der Waals surface area contributed by atoms with Gasteiger partial charge in [0.2, 0.25) is 11.9 Å². The third-order valence-corrected chi connectivity index (χ3v) is 3.39. The van der Waals surface area contributed by atoms with Crippen molar-refractivity contribution in [2.45, 2.75) is 13.5 Å². The zero-order chi connectivity index (χ0) is 14.7. The molecule has 0 atom stereocenters. The van der Waals surface area contributed by atoms with Gasteiger partial charge in [0, 0.05) is 32.9 Å². The number of aryl methyl sites for hydroxylation is 1. The van der Waals surface area contributed by atoms with E-state index in [9.17, 15) is 0 Å². The highest BCUT2D eigenvalue weighted by Gasteiger charge is 2.18. The number of ether oxygens (including phenoxy) is 1. The van der Waals surface area contributed by atoms with Crippen molar-refractivity contribution in [3.05, 3.63) is 12.3 Å². The first-order chi connectivity index (χ1) is 10.3. The van der Waals surface area contributed by atoms with Gasteiger partial charge < -0.3 is 15.0 Å². The van der Waals surface area contributed by atoms with Gasteiger partial charge in [0.15, 0.2) is 5.82 Å². The quantitative estimate of drug-likeness (QED) is 0.884. The highest BCUT2D eigenvalue weighted by atomic mass is 16.5.